The third kappa shape index (κ3) is 2.68. The van der Waals surface area contributed by atoms with E-state index in [-0.39, 0.29) is 11.9 Å². The van der Waals surface area contributed by atoms with E-state index in [1.54, 1.807) is 6.92 Å². The lowest BCUT2D eigenvalue weighted by Gasteiger charge is -2.25. The van der Waals surface area contributed by atoms with Crippen LogP contribution in [0.3, 0.4) is 0 Å². The Balaban J connectivity index is 2.98. The molecule has 94 valence electrons. The highest BCUT2D eigenvalue weighted by Gasteiger charge is 2.44. The molecule has 0 aromatic carbocycles. The fourth-order valence-corrected chi connectivity index (χ4v) is 4.93. The lowest BCUT2D eigenvalue weighted by atomic mass is 10.3. The minimum absolute atomic E-state index is 0.256. The normalized spacial score (nSPS) is 27.1. The van der Waals surface area contributed by atoms with Crippen LogP contribution in [-0.2, 0) is 15.0 Å². The summed E-state index contributed by atoms with van der Waals surface area (Å²) in [6, 6.07) is -0.959. The average molecular weight is 268 g/mol. The zero-order chi connectivity index (χ0) is 12.3. The van der Waals surface area contributed by atoms with Gasteiger partial charge >= 0.3 is 5.97 Å². The van der Waals surface area contributed by atoms with E-state index in [0.29, 0.717) is 12.2 Å². The average Bonchev–Trinajstić information content (AvgIpc) is 2.61. The standard InChI is InChI=1S/C8H16N2O4S2/c1-3-7-10(16(13,14)9-4-2)6(5-15-7)8(11)12/h6-7,9H,3-5H2,1-2H3,(H,11,12). The van der Waals surface area contributed by atoms with Crippen LogP contribution in [-0.4, -0.2) is 47.5 Å². The molecule has 2 N–H and O–H groups in total. The molecule has 1 saturated heterocycles. The van der Waals surface area contributed by atoms with E-state index in [2.05, 4.69) is 4.72 Å². The molecule has 1 fully saturated rings. The minimum Gasteiger partial charge on any atom is -0.480 e. The first kappa shape index (κ1) is 13.8. The number of hydrogen-bond donors (Lipinski definition) is 2. The second-order valence-electron chi connectivity index (χ2n) is 3.38. The van der Waals surface area contributed by atoms with Gasteiger partial charge in [0.2, 0.25) is 0 Å². The highest BCUT2D eigenvalue weighted by atomic mass is 32.2. The predicted molar refractivity (Wildman–Crippen MR) is 62.4 cm³/mol. The Hall–Kier alpha value is -0.310. The van der Waals surface area contributed by atoms with Gasteiger partial charge in [0.25, 0.3) is 10.2 Å². The molecule has 2 unspecified atom stereocenters. The van der Waals surface area contributed by atoms with E-state index in [4.69, 9.17) is 5.11 Å². The summed E-state index contributed by atoms with van der Waals surface area (Å²) >= 11 is 1.37. The van der Waals surface area contributed by atoms with Gasteiger partial charge in [0.1, 0.15) is 6.04 Å². The number of nitrogens with one attached hydrogen (secondary N) is 1. The quantitative estimate of drug-likeness (QED) is 0.737. The summed E-state index contributed by atoms with van der Waals surface area (Å²) in [5.41, 5.74) is 0. The Morgan fingerprint density at radius 1 is 1.56 bits per heavy atom. The number of carboxylic acid groups (broad SMARTS) is 1. The fourth-order valence-electron chi connectivity index (χ4n) is 1.61. The maximum atomic E-state index is 11.9. The zero-order valence-corrected chi connectivity index (χ0v) is 10.8. The molecule has 1 heterocycles. The molecule has 0 amide bonds. The first-order valence-corrected chi connectivity index (χ1v) is 7.55. The van der Waals surface area contributed by atoms with Crippen molar-refractivity contribution in [3.8, 4) is 0 Å². The van der Waals surface area contributed by atoms with Gasteiger partial charge in [-0.05, 0) is 6.42 Å². The van der Waals surface area contributed by atoms with Crippen molar-refractivity contribution in [1.29, 1.82) is 0 Å². The highest BCUT2D eigenvalue weighted by Crippen LogP contribution is 2.33. The van der Waals surface area contributed by atoms with Crippen molar-refractivity contribution in [2.75, 3.05) is 12.3 Å². The Morgan fingerprint density at radius 2 is 2.19 bits per heavy atom. The summed E-state index contributed by atoms with van der Waals surface area (Å²) in [5.74, 6) is -0.789. The van der Waals surface area contributed by atoms with Crippen LogP contribution >= 0.6 is 11.8 Å². The number of carbonyl (C=O) groups is 1. The first-order chi connectivity index (χ1) is 7.44. The predicted octanol–water partition coefficient (Wildman–Crippen LogP) is 0.0788. The van der Waals surface area contributed by atoms with E-state index in [1.165, 1.54) is 11.8 Å². The van der Waals surface area contributed by atoms with Gasteiger partial charge in [-0.25, -0.2) is 4.72 Å². The molecular weight excluding hydrogens is 252 g/mol. The van der Waals surface area contributed by atoms with Crippen LogP contribution in [0.1, 0.15) is 20.3 Å². The van der Waals surface area contributed by atoms with Gasteiger partial charge < -0.3 is 5.11 Å². The van der Waals surface area contributed by atoms with Gasteiger partial charge in [0, 0.05) is 12.3 Å². The third-order valence-electron chi connectivity index (χ3n) is 2.28. The SMILES string of the molecule is CCNS(=O)(=O)N1C(CC)SCC1C(=O)O. The number of carboxylic acids is 1. The van der Waals surface area contributed by atoms with Crippen molar-refractivity contribution >= 4 is 27.9 Å². The molecule has 1 rings (SSSR count). The highest BCUT2D eigenvalue weighted by molar-refractivity contribution is 8.01. The van der Waals surface area contributed by atoms with E-state index in [1.807, 2.05) is 6.92 Å². The topological polar surface area (TPSA) is 86.7 Å². The van der Waals surface area contributed by atoms with Gasteiger partial charge in [-0.1, -0.05) is 13.8 Å². The van der Waals surface area contributed by atoms with E-state index < -0.39 is 22.2 Å². The number of thioether (sulfide) groups is 1. The molecule has 0 spiro atoms. The van der Waals surface area contributed by atoms with Crippen LogP contribution in [0, 0.1) is 0 Å². The summed E-state index contributed by atoms with van der Waals surface area (Å²) in [4.78, 5) is 11.0. The Kier molecular flexibility index (Phi) is 4.60. The number of aliphatic carboxylic acids is 1. The van der Waals surface area contributed by atoms with Gasteiger partial charge in [-0.15, -0.1) is 11.8 Å². The van der Waals surface area contributed by atoms with E-state index in [0.717, 1.165) is 4.31 Å². The lowest BCUT2D eigenvalue weighted by molar-refractivity contribution is -0.140. The van der Waals surface area contributed by atoms with Crippen LogP contribution < -0.4 is 4.72 Å². The van der Waals surface area contributed by atoms with Gasteiger partial charge in [-0.2, -0.15) is 12.7 Å². The molecule has 1 aliphatic rings. The molecule has 0 aliphatic carbocycles. The maximum absolute atomic E-state index is 11.9. The Bertz CT molecular complexity index is 357. The molecule has 0 bridgehead atoms. The molecule has 16 heavy (non-hydrogen) atoms. The molecule has 2 atom stereocenters. The fraction of sp³-hybridized carbons (Fsp3) is 0.875. The molecule has 0 aromatic rings. The minimum atomic E-state index is -3.68. The molecule has 1 aliphatic heterocycles. The Labute approximate surface area is 99.6 Å². The van der Waals surface area contributed by atoms with Crippen LogP contribution in [0.15, 0.2) is 0 Å². The monoisotopic (exact) mass is 268 g/mol. The maximum Gasteiger partial charge on any atom is 0.322 e. The second kappa shape index (κ2) is 5.35. The third-order valence-corrected chi connectivity index (χ3v) is 5.58. The summed E-state index contributed by atoms with van der Waals surface area (Å²) in [6.07, 6.45) is 0.596. The van der Waals surface area contributed by atoms with Gasteiger partial charge in [-0.3, -0.25) is 4.79 Å². The summed E-state index contributed by atoms with van der Waals surface area (Å²) in [6.45, 7) is 3.76. The van der Waals surface area contributed by atoms with E-state index >= 15 is 0 Å². The molecule has 0 saturated carbocycles. The molecular formula is C8H16N2O4S2. The van der Waals surface area contributed by atoms with Crippen LogP contribution in [0.5, 0.6) is 0 Å². The molecule has 6 nitrogen and oxygen atoms in total. The van der Waals surface area contributed by atoms with Gasteiger partial charge in [0.05, 0.1) is 5.37 Å². The number of nitrogens with zero attached hydrogens (tertiary/aromatic N) is 1. The number of hydrogen-bond acceptors (Lipinski definition) is 4. The summed E-state index contributed by atoms with van der Waals surface area (Å²) in [7, 11) is -3.68. The second-order valence-corrected chi connectivity index (χ2v) is 6.25. The van der Waals surface area contributed by atoms with Crippen molar-refractivity contribution in [3.05, 3.63) is 0 Å². The van der Waals surface area contributed by atoms with Crippen molar-refractivity contribution in [2.45, 2.75) is 31.7 Å². The smallest absolute Gasteiger partial charge is 0.322 e. The van der Waals surface area contributed by atoms with Crippen LogP contribution in [0.4, 0.5) is 0 Å². The molecule has 8 heteroatoms. The zero-order valence-electron chi connectivity index (χ0n) is 9.21. The summed E-state index contributed by atoms with van der Waals surface area (Å²) < 4.78 is 27.1. The van der Waals surface area contributed by atoms with Gasteiger partial charge in [0.15, 0.2) is 0 Å². The van der Waals surface area contributed by atoms with Crippen LogP contribution in [0.2, 0.25) is 0 Å². The Morgan fingerprint density at radius 3 is 2.62 bits per heavy atom. The number of rotatable bonds is 5. The van der Waals surface area contributed by atoms with Crippen LogP contribution in [0.25, 0.3) is 0 Å². The van der Waals surface area contributed by atoms with Crippen molar-refractivity contribution in [1.82, 2.24) is 9.03 Å². The van der Waals surface area contributed by atoms with Crippen molar-refractivity contribution in [2.24, 2.45) is 0 Å². The van der Waals surface area contributed by atoms with E-state index in [9.17, 15) is 13.2 Å². The molecule has 0 aromatic heterocycles. The largest absolute Gasteiger partial charge is 0.480 e. The first-order valence-electron chi connectivity index (χ1n) is 5.06. The molecule has 0 radical (unpaired) electrons. The van der Waals surface area contributed by atoms with Crippen molar-refractivity contribution < 1.29 is 18.3 Å². The summed E-state index contributed by atoms with van der Waals surface area (Å²) in [5, 5.41) is 8.69. The lowest BCUT2D eigenvalue weighted by Crippen LogP contribution is -2.50. The van der Waals surface area contributed by atoms with Crippen molar-refractivity contribution in [3.63, 3.8) is 0 Å².